The molecule has 3 rings (SSSR count). The van der Waals surface area contributed by atoms with Gasteiger partial charge in [0.2, 0.25) is 0 Å². The van der Waals surface area contributed by atoms with E-state index in [0.717, 1.165) is 11.1 Å². The van der Waals surface area contributed by atoms with Crippen molar-refractivity contribution in [2.45, 2.75) is 58.3 Å². The lowest BCUT2D eigenvalue weighted by molar-refractivity contribution is -0.157. The predicted molar refractivity (Wildman–Crippen MR) is 83.3 cm³/mol. The largest absolute Gasteiger partial charge is 0.498 e. The van der Waals surface area contributed by atoms with Crippen molar-refractivity contribution in [1.29, 1.82) is 0 Å². The van der Waals surface area contributed by atoms with Crippen LogP contribution in [0.15, 0.2) is 23.5 Å². The second kappa shape index (κ2) is 5.48. The zero-order valence-corrected chi connectivity index (χ0v) is 14.0. The first kappa shape index (κ1) is 16.2. The van der Waals surface area contributed by atoms with E-state index in [1.807, 2.05) is 20.8 Å². The summed E-state index contributed by atoms with van der Waals surface area (Å²) in [5, 5.41) is 10.5. The van der Waals surface area contributed by atoms with Gasteiger partial charge in [0.25, 0.3) is 0 Å². The van der Waals surface area contributed by atoms with Gasteiger partial charge in [-0.3, -0.25) is 9.59 Å². The lowest BCUT2D eigenvalue weighted by atomic mass is 9.65. The molecule has 0 aromatic rings. The second-order valence-corrected chi connectivity index (χ2v) is 7.13. The summed E-state index contributed by atoms with van der Waals surface area (Å²) in [6.45, 7) is 7.41. The summed E-state index contributed by atoms with van der Waals surface area (Å²) in [6, 6.07) is 0. The van der Waals surface area contributed by atoms with Gasteiger partial charge in [-0.2, -0.15) is 0 Å². The van der Waals surface area contributed by atoms with Crippen LogP contribution in [-0.2, 0) is 19.1 Å². The lowest BCUT2D eigenvalue weighted by Crippen LogP contribution is -2.50. The summed E-state index contributed by atoms with van der Waals surface area (Å²) in [5.74, 6) is -2.21. The topological polar surface area (TPSA) is 72.8 Å². The van der Waals surface area contributed by atoms with Crippen LogP contribution in [0.25, 0.3) is 0 Å². The molecule has 5 heteroatoms. The number of esters is 1. The van der Waals surface area contributed by atoms with Crippen molar-refractivity contribution in [2.24, 2.45) is 17.8 Å². The number of aliphatic hydroxyl groups excluding tert-OH is 1. The maximum absolute atomic E-state index is 12.8. The van der Waals surface area contributed by atoms with Crippen LogP contribution >= 0.6 is 0 Å². The molecule has 0 bridgehead atoms. The molecule has 23 heavy (non-hydrogen) atoms. The molecule has 0 amide bonds. The van der Waals surface area contributed by atoms with Gasteiger partial charge < -0.3 is 14.6 Å². The zero-order valence-electron chi connectivity index (χ0n) is 14.0. The molecular weight excluding hydrogens is 296 g/mol. The van der Waals surface area contributed by atoms with E-state index in [-0.39, 0.29) is 17.8 Å². The minimum absolute atomic E-state index is 0.0169. The number of hydrogen-bond donors (Lipinski definition) is 1. The van der Waals surface area contributed by atoms with E-state index in [4.69, 9.17) is 9.47 Å². The van der Waals surface area contributed by atoms with Crippen molar-refractivity contribution >= 4 is 11.8 Å². The predicted octanol–water partition coefficient (Wildman–Crippen LogP) is 2.14. The Bertz CT molecular complexity index is 605. The molecule has 2 heterocycles. The van der Waals surface area contributed by atoms with Crippen molar-refractivity contribution in [3.63, 3.8) is 0 Å². The first-order valence-electron chi connectivity index (χ1n) is 8.30. The van der Waals surface area contributed by atoms with Gasteiger partial charge in [-0.15, -0.1) is 0 Å². The van der Waals surface area contributed by atoms with Crippen LogP contribution in [0.5, 0.6) is 0 Å². The maximum Gasteiger partial charge on any atom is 0.317 e. The van der Waals surface area contributed by atoms with Crippen molar-refractivity contribution < 1.29 is 24.2 Å². The average Bonchev–Trinajstić information content (AvgIpc) is 2.78. The van der Waals surface area contributed by atoms with Crippen LogP contribution in [0.1, 0.15) is 40.5 Å². The minimum Gasteiger partial charge on any atom is -0.498 e. The maximum atomic E-state index is 12.8. The molecule has 1 N–H and O–H groups in total. The van der Waals surface area contributed by atoms with Gasteiger partial charge in [0.1, 0.15) is 17.6 Å². The third kappa shape index (κ3) is 2.33. The highest BCUT2D eigenvalue weighted by atomic mass is 16.6. The molecule has 2 aliphatic heterocycles. The first-order valence-corrected chi connectivity index (χ1v) is 8.30. The van der Waals surface area contributed by atoms with Crippen LogP contribution in [-0.4, -0.2) is 34.7 Å². The number of carbonyl (C=O) groups excluding carboxylic acids is 2. The molecule has 0 radical (unpaired) electrons. The Labute approximate surface area is 136 Å². The van der Waals surface area contributed by atoms with Crippen LogP contribution in [0.2, 0.25) is 0 Å². The van der Waals surface area contributed by atoms with Gasteiger partial charge >= 0.3 is 5.97 Å². The number of Topliss-reactive ketones (excluding diaryl/α,β-unsaturated/α-hetero) is 1. The lowest BCUT2D eigenvalue weighted by Gasteiger charge is -2.41. The molecule has 3 aliphatic rings. The van der Waals surface area contributed by atoms with Crippen molar-refractivity contribution in [2.75, 3.05) is 0 Å². The SMILES string of the molecule is CC[C@H](C)C(=O)[C@H]1C(=O)O[C@]2(C)[C@@H]1C1=CO[C@H](C)CC1=C[C@@H]2O. The fraction of sp³-hybridized carbons (Fsp3) is 0.667. The highest BCUT2D eigenvalue weighted by molar-refractivity contribution is 6.02. The molecule has 0 saturated carbocycles. The van der Waals surface area contributed by atoms with Crippen molar-refractivity contribution in [1.82, 2.24) is 0 Å². The van der Waals surface area contributed by atoms with E-state index >= 15 is 0 Å². The molecule has 1 fully saturated rings. The quantitative estimate of drug-likeness (QED) is 0.637. The summed E-state index contributed by atoms with van der Waals surface area (Å²) in [6.07, 6.45) is 3.82. The zero-order chi connectivity index (χ0) is 16.9. The molecule has 0 aromatic carbocycles. The van der Waals surface area contributed by atoms with Gasteiger partial charge in [0.15, 0.2) is 5.78 Å². The van der Waals surface area contributed by atoms with Crippen LogP contribution < -0.4 is 0 Å². The smallest absolute Gasteiger partial charge is 0.317 e. The van der Waals surface area contributed by atoms with Crippen LogP contribution in [0.4, 0.5) is 0 Å². The number of ether oxygens (including phenoxy) is 2. The van der Waals surface area contributed by atoms with Crippen LogP contribution in [0, 0.1) is 17.8 Å². The number of aliphatic hydroxyl groups is 1. The van der Waals surface area contributed by atoms with Crippen molar-refractivity contribution in [3.8, 4) is 0 Å². The number of ketones is 1. The average molecular weight is 320 g/mol. The first-order chi connectivity index (χ1) is 10.8. The molecule has 0 spiro atoms. The van der Waals surface area contributed by atoms with Gasteiger partial charge in [0.05, 0.1) is 18.3 Å². The number of hydrogen-bond acceptors (Lipinski definition) is 5. The Morgan fingerprint density at radius 2 is 2.22 bits per heavy atom. The number of carbonyl (C=O) groups is 2. The Morgan fingerprint density at radius 1 is 1.52 bits per heavy atom. The van der Waals surface area contributed by atoms with Gasteiger partial charge in [-0.1, -0.05) is 13.8 Å². The second-order valence-electron chi connectivity index (χ2n) is 7.13. The van der Waals surface area contributed by atoms with Gasteiger partial charge in [0, 0.05) is 12.3 Å². The number of rotatable bonds is 3. The third-order valence-electron chi connectivity index (χ3n) is 5.52. The van der Waals surface area contributed by atoms with Crippen LogP contribution in [0.3, 0.4) is 0 Å². The molecule has 1 aliphatic carbocycles. The summed E-state index contributed by atoms with van der Waals surface area (Å²) >= 11 is 0. The van der Waals surface area contributed by atoms with Gasteiger partial charge in [-0.25, -0.2) is 0 Å². The highest BCUT2D eigenvalue weighted by Gasteiger charge is 2.62. The Hall–Kier alpha value is -1.62. The standard InChI is InChI=1S/C18H24O5/c1-5-9(2)16(20)14-15-12-8-22-10(3)6-11(12)7-13(19)18(15,4)23-17(14)21/h7-10,13-15,19H,5-6H2,1-4H3/t9-,10+,13-,14-,15+,18-/m0/s1. The highest BCUT2D eigenvalue weighted by Crippen LogP contribution is 2.52. The molecule has 126 valence electrons. The molecule has 6 atom stereocenters. The summed E-state index contributed by atoms with van der Waals surface area (Å²) in [4.78, 5) is 25.2. The third-order valence-corrected chi connectivity index (χ3v) is 5.52. The van der Waals surface area contributed by atoms with E-state index in [1.165, 1.54) is 0 Å². The molecule has 5 nitrogen and oxygen atoms in total. The summed E-state index contributed by atoms with van der Waals surface area (Å²) in [5.41, 5.74) is 0.673. The monoisotopic (exact) mass is 320 g/mol. The fourth-order valence-corrected chi connectivity index (χ4v) is 3.87. The Morgan fingerprint density at radius 3 is 2.87 bits per heavy atom. The Kier molecular flexibility index (Phi) is 3.87. The molecule has 1 saturated heterocycles. The summed E-state index contributed by atoms with van der Waals surface area (Å²) < 4.78 is 11.1. The van der Waals surface area contributed by atoms with E-state index in [2.05, 4.69) is 0 Å². The minimum atomic E-state index is -1.11. The van der Waals surface area contributed by atoms with E-state index in [9.17, 15) is 14.7 Å². The molecule has 0 unspecified atom stereocenters. The van der Waals surface area contributed by atoms with Gasteiger partial charge in [-0.05, 0) is 37.5 Å². The molecular formula is C18H24O5. The summed E-state index contributed by atoms with van der Waals surface area (Å²) in [7, 11) is 0. The van der Waals surface area contributed by atoms with Crippen molar-refractivity contribution in [3.05, 3.63) is 23.5 Å². The number of fused-ring (bicyclic) bond motifs is 3. The fourth-order valence-electron chi connectivity index (χ4n) is 3.87. The van der Waals surface area contributed by atoms with E-state index in [0.29, 0.717) is 12.8 Å². The Balaban J connectivity index is 2.07. The normalized spacial score (nSPS) is 40.1. The van der Waals surface area contributed by atoms with E-state index < -0.39 is 29.5 Å². The van der Waals surface area contributed by atoms with E-state index in [1.54, 1.807) is 19.3 Å². The molecule has 0 aromatic heterocycles.